The van der Waals surface area contributed by atoms with Crippen LogP contribution in [0.1, 0.15) is 18.5 Å². The molecule has 5 nitrogen and oxygen atoms in total. The molecule has 0 radical (unpaired) electrons. The molecule has 0 aromatic carbocycles. The van der Waals surface area contributed by atoms with Crippen molar-refractivity contribution in [1.82, 2.24) is 25.1 Å². The van der Waals surface area contributed by atoms with Gasteiger partial charge in [-0.15, -0.1) is 0 Å². The van der Waals surface area contributed by atoms with E-state index in [1.54, 1.807) is 4.68 Å². The lowest BCUT2D eigenvalue weighted by Gasteiger charge is -1.98. The molecule has 2 heterocycles. The maximum atomic E-state index is 4.35. The summed E-state index contributed by atoms with van der Waals surface area (Å²) in [4.78, 5) is 7.65. The highest BCUT2D eigenvalue weighted by atomic mass is 15.2. The molecule has 1 fully saturated rings. The number of hydrogen-bond donors (Lipinski definition) is 2. The van der Waals surface area contributed by atoms with Crippen molar-refractivity contribution in [3.63, 3.8) is 0 Å². The van der Waals surface area contributed by atoms with Crippen LogP contribution in [0.3, 0.4) is 0 Å². The zero-order valence-corrected chi connectivity index (χ0v) is 9.27. The van der Waals surface area contributed by atoms with Crippen molar-refractivity contribution in [2.24, 2.45) is 7.05 Å². The lowest BCUT2D eigenvalue weighted by molar-refractivity contribution is 0.677. The van der Waals surface area contributed by atoms with Crippen molar-refractivity contribution in [3.8, 4) is 11.4 Å². The summed E-state index contributed by atoms with van der Waals surface area (Å²) in [5.74, 6) is 0.890. The highest BCUT2D eigenvalue weighted by Crippen LogP contribution is 2.19. The van der Waals surface area contributed by atoms with Gasteiger partial charge in [0.15, 0.2) is 0 Å². The minimum Gasteiger partial charge on any atom is -0.341 e. The third kappa shape index (κ3) is 1.99. The van der Waals surface area contributed by atoms with E-state index in [0.29, 0.717) is 0 Å². The molecule has 1 aliphatic rings. The summed E-state index contributed by atoms with van der Waals surface area (Å²) in [6.07, 6.45) is 8.28. The third-order valence-corrected chi connectivity index (χ3v) is 2.77. The molecule has 0 saturated heterocycles. The van der Waals surface area contributed by atoms with Crippen molar-refractivity contribution >= 4 is 0 Å². The molecule has 0 amide bonds. The van der Waals surface area contributed by atoms with Gasteiger partial charge in [0.1, 0.15) is 5.82 Å². The van der Waals surface area contributed by atoms with E-state index in [0.717, 1.165) is 29.7 Å². The Morgan fingerprint density at radius 2 is 2.38 bits per heavy atom. The van der Waals surface area contributed by atoms with Crippen LogP contribution in [0.25, 0.3) is 11.4 Å². The Balaban J connectivity index is 1.71. The maximum Gasteiger partial charge on any atom is 0.140 e. The fourth-order valence-corrected chi connectivity index (χ4v) is 1.68. The second-order valence-corrected chi connectivity index (χ2v) is 4.31. The van der Waals surface area contributed by atoms with Crippen LogP contribution in [0.2, 0.25) is 0 Å². The van der Waals surface area contributed by atoms with Crippen LogP contribution in [0.4, 0.5) is 0 Å². The van der Waals surface area contributed by atoms with E-state index >= 15 is 0 Å². The first-order chi connectivity index (χ1) is 7.81. The molecule has 1 saturated carbocycles. The average Bonchev–Trinajstić information content (AvgIpc) is 2.81. The zero-order valence-electron chi connectivity index (χ0n) is 9.27. The fraction of sp³-hybridized carbons (Fsp3) is 0.455. The Labute approximate surface area is 93.9 Å². The van der Waals surface area contributed by atoms with Gasteiger partial charge in [-0.05, 0) is 12.8 Å². The van der Waals surface area contributed by atoms with Crippen molar-refractivity contribution < 1.29 is 0 Å². The molecule has 0 atom stereocenters. The molecular weight excluding hydrogens is 202 g/mol. The van der Waals surface area contributed by atoms with Gasteiger partial charge >= 0.3 is 0 Å². The van der Waals surface area contributed by atoms with Gasteiger partial charge in [-0.25, -0.2) is 4.98 Å². The molecule has 2 N–H and O–H groups in total. The van der Waals surface area contributed by atoms with E-state index in [4.69, 9.17) is 0 Å². The average molecular weight is 217 g/mol. The molecule has 0 bridgehead atoms. The molecule has 0 unspecified atom stereocenters. The number of aryl methyl sites for hydroxylation is 1. The Morgan fingerprint density at radius 1 is 1.50 bits per heavy atom. The first kappa shape index (κ1) is 9.59. The van der Waals surface area contributed by atoms with Crippen molar-refractivity contribution in [3.05, 3.63) is 24.3 Å². The predicted molar refractivity (Wildman–Crippen MR) is 60.7 cm³/mol. The second-order valence-electron chi connectivity index (χ2n) is 4.31. The first-order valence-electron chi connectivity index (χ1n) is 5.57. The predicted octanol–water partition coefficient (Wildman–Crippen LogP) is 1.06. The summed E-state index contributed by atoms with van der Waals surface area (Å²) in [6, 6.07) is 0.727. The van der Waals surface area contributed by atoms with E-state index in [1.807, 2.05) is 25.6 Å². The van der Waals surface area contributed by atoms with Gasteiger partial charge < -0.3 is 10.3 Å². The van der Waals surface area contributed by atoms with Crippen molar-refractivity contribution in [2.75, 3.05) is 0 Å². The van der Waals surface area contributed by atoms with Crippen LogP contribution in [-0.4, -0.2) is 25.8 Å². The van der Waals surface area contributed by atoms with Gasteiger partial charge in [0.25, 0.3) is 0 Å². The smallest absolute Gasteiger partial charge is 0.140 e. The largest absolute Gasteiger partial charge is 0.341 e. The number of H-pyrrole nitrogens is 1. The fourth-order valence-electron chi connectivity index (χ4n) is 1.68. The molecule has 3 rings (SSSR count). The monoisotopic (exact) mass is 217 g/mol. The van der Waals surface area contributed by atoms with Crippen LogP contribution in [-0.2, 0) is 13.6 Å². The Morgan fingerprint density at radius 3 is 3.06 bits per heavy atom. The van der Waals surface area contributed by atoms with Crippen LogP contribution in [0, 0.1) is 0 Å². The van der Waals surface area contributed by atoms with Crippen LogP contribution >= 0.6 is 0 Å². The number of aromatic amines is 1. The van der Waals surface area contributed by atoms with Crippen molar-refractivity contribution in [2.45, 2.75) is 25.4 Å². The quantitative estimate of drug-likeness (QED) is 0.805. The minimum atomic E-state index is 0.727. The van der Waals surface area contributed by atoms with E-state index in [1.165, 1.54) is 12.8 Å². The summed E-state index contributed by atoms with van der Waals surface area (Å²) in [6.45, 7) is 0.873. The summed E-state index contributed by atoms with van der Waals surface area (Å²) in [5, 5.41) is 7.58. The van der Waals surface area contributed by atoms with Crippen LogP contribution in [0.15, 0.2) is 18.6 Å². The molecule has 5 heteroatoms. The highest BCUT2D eigenvalue weighted by Gasteiger charge is 2.20. The van der Waals surface area contributed by atoms with Gasteiger partial charge in [0, 0.05) is 37.7 Å². The molecule has 16 heavy (non-hydrogen) atoms. The number of aromatic nitrogens is 4. The van der Waals surface area contributed by atoms with Gasteiger partial charge in [-0.3, -0.25) is 4.68 Å². The maximum absolute atomic E-state index is 4.35. The molecule has 2 aromatic rings. The van der Waals surface area contributed by atoms with Gasteiger partial charge in [-0.2, -0.15) is 5.10 Å². The van der Waals surface area contributed by atoms with Crippen LogP contribution in [0.5, 0.6) is 0 Å². The van der Waals surface area contributed by atoms with E-state index in [9.17, 15) is 0 Å². The van der Waals surface area contributed by atoms with Gasteiger partial charge in [-0.1, -0.05) is 0 Å². The lowest BCUT2D eigenvalue weighted by Crippen LogP contribution is -2.15. The molecule has 84 valence electrons. The number of imidazole rings is 1. The lowest BCUT2D eigenvalue weighted by atomic mass is 10.3. The zero-order chi connectivity index (χ0) is 11.0. The Kier molecular flexibility index (Phi) is 2.25. The van der Waals surface area contributed by atoms with E-state index in [-0.39, 0.29) is 0 Å². The topological polar surface area (TPSA) is 58.5 Å². The molecule has 0 aliphatic heterocycles. The number of nitrogens with zero attached hydrogens (tertiary/aromatic N) is 3. The molecular formula is C11H15N5. The van der Waals surface area contributed by atoms with Gasteiger partial charge in [0.05, 0.1) is 11.8 Å². The van der Waals surface area contributed by atoms with E-state index in [2.05, 4.69) is 20.4 Å². The highest BCUT2D eigenvalue weighted by molar-refractivity contribution is 5.52. The third-order valence-electron chi connectivity index (χ3n) is 2.77. The number of hydrogen-bond acceptors (Lipinski definition) is 3. The molecule has 1 aliphatic carbocycles. The first-order valence-corrected chi connectivity index (χ1v) is 5.57. The molecule has 0 spiro atoms. The second kappa shape index (κ2) is 3.75. The number of rotatable bonds is 4. The Bertz CT molecular complexity index is 480. The Hall–Kier alpha value is -1.62. The summed E-state index contributed by atoms with van der Waals surface area (Å²) in [7, 11) is 1.90. The van der Waals surface area contributed by atoms with E-state index < -0.39 is 0 Å². The number of nitrogens with one attached hydrogen (secondary N) is 2. The van der Waals surface area contributed by atoms with Crippen LogP contribution < -0.4 is 5.32 Å². The summed E-state index contributed by atoms with van der Waals surface area (Å²) in [5.41, 5.74) is 2.16. The molecule has 2 aromatic heterocycles. The summed E-state index contributed by atoms with van der Waals surface area (Å²) >= 11 is 0. The SMILES string of the molecule is Cn1cc(-c2ncc(CNC3CC3)[nH]2)cn1. The normalized spacial score (nSPS) is 15.6. The van der Waals surface area contributed by atoms with Gasteiger partial charge in [0.2, 0.25) is 0 Å². The standard InChI is InChI=1S/C11H15N5/c1-16-7-8(4-14-16)11-13-6-10(15-11)5-12-9-2-3-9/h4,6-7,9,12H,2-3,5H2,1H3,(H,13,15). The van der Waals surface area contributed by atoms with Crippen molar-refractivity contribution in [1.29, 1.82) is 0 Å². The minimum absolute atomic E-state index is 0.727. The summed E-state index contributed by atoms with van der Waals surface area (Å²) < 4.78 is 1.78.